The van der Waals surface area contributed by atoms with Gasteiger partial charge in [0.25, 0.3) is 0 Å². The SMILES string of the molecule is CC(C)C1CCC(c2ccc(O)c(-c3ccccc3)c2)(c2ccc(O)c(-c3ccccc3)c2)CC1. The van der Waals surface area contributed by atoms with E-state index in [0.717, 1.165) is 41.0 Å². The summed E-state index contributed by atoms with van der Waals surface area (Å²) in [6.45, 7) is 4.67. The summed E-state index contributed by atoms with van der Waals surface area (Å²) in [5.41, 5.74) is 6.09. The maximum Gasteiger partial charge on any atom is 0.123 e. The zero-order valence-electron chi connectivity index (χ0n) is 20.6. The van der Waals surface area contributed by atoms with Crippen molar-refractivity contribution in [1.82, 2.24) is 0 Å². The summed E-state index contributed by atoms with van der Waals surface area (Å²) in [6.07, 6.45) is 4.43. The van der Waals surface area contributed by atoms with Gasteiger partial charge >= 0.3 is 0 Å². The molecular weight excluding hydrogens is 428 g/mol. The van der Waals surface area contributed by atoms with E-state index in [2.05, 4.69) is 62.4 Å². The lowest BCUT2D eigenvalue weighted by atomic mass is 9.61. The minimum absolute atomic E-state index is 0.167. The molecule has 2 heteroatoms. The molecule has 2 nitrogen and oxygen atoms in total. The Kier molecular flexibility index (Phi) is 6.38. The number of benzene rings is 4. The van der Waals surface area contributed by atoms with Crippen molar-refractivity contribution >= 4 is 0 Å². The fourth-order valence-corrected chi connectivity index (χ4v) is 5.91. The van der Waals surface area contributed by atoms with E-state index >= 15 is 0 Å². The largest absolute Gasteiger partial charge is 0.507 e. The normalized spacial score (nSPS) is 15.9. The molecule has 0 aliphatic heterocycles. The molecular formula is C33H34O2. The van der Waals surface area contributed by atoms with Crippen LogP contribution in [0.5, 0.6) is 11.5 Å². The fourth-order valence-electron chi connectivity index (χ4n) is 5.91. The second kappa shape index (κ2) is 9.62. The third-order valence-electron chi connectivity index (χ3n) is 8.09. The summed E-state index contributed by atoms with van der Waals surface area (Å²) in [5, 5.41) is 21.5. The smallest absolute Gasteiger partial charge is 0.123 e. The van der Waals surface area contributed by atoms with Gasteiger partial charge in [-0.1, -0.05) is 86.6 Å². The van der Waals surface area contributed by atoms with Gasteiger partial charge in [0, 0.05) is 16.5 Å². The molecule has 1 aliphatic rings. The highest BCUT2D eigenvalue weighted by Gasteiger charge is 2.39. The van der Waals surface area contributed by atoms with Crippen LogP contribution in [0.25, 0.3) is 22.3 Å². The van der Waals surface area contributed by atoms with Crippen molar-refractivity contribution < 1.29 is 10.2 Å². The molecule has 1 fully saturated rings. The first-order valence-corrected chi connectivity index (χ1v) is 12.8. The summed E-state index contributed by atoms with van der Waals surface area (Å²) in [6, 6.07) is 32.5. The molecule has 178 valence electrons. The number of rotatable bonds is 5. The van der Waals surface area contributed by atoms with Crippen molar-refractivity contribution in [1.29, 1.82) is 0 Å². The first-order valence-electron chi connectivity index (χ1n) is 12.8. The van der Waals surface area contributed by atoms with E-state index in [1.165, 1.54) is 24.0 Å². The Balaban J connectivity index is 1.66. The summed E-state index contributed by atoms with van der Waals surface area (Å²) in [5.74, 6) is 2.01. The zero-order chi connectivity index (χ0) is 24.4. The Labute approximate surface area is 208 Å². The van der Waals surface area contributed by atoms with E-state index < -0.39 is 0 Å². The van der Waals surface area contributed by atoms with Crippen molar-refractivity contribution in [3.63, 3.8) is 0 Å². The molecule has 1 aliphatic carbocycles. The standard InChI is InChI=1S/C33H34O2/c1-23(2)24-17-19-33(20-18-24,27-13-15-31(34)29(21-27)25-9-5-3-6-10-25)28-14-16-32(35)30(22-28)26-11-7-4-8-12-26/h3-16,21-24,34-35H,17-20H2,1-2H3. The Morgan fingerprint density at radius 1 is 0.629 bits per heavy atom. The first kappa shape index (κ1) is 23.2. The first-order chi connectivity index (χ1) is 17.0. The molecule has 1 saturated carbocycles. The lowest BCUT2D eigenvalue weighted by Gasteiger charge is -2.43. The number of phenols is 2. The Morgan fingerprint density at radius 2 is 1.06 bits per heavy atom. The van der Waals surface area contributed by atoms with Crippen LogP contribution in [0.4, 0.5) is 0 Å². The topological polar surface area (TPSA) is 40.5 Å². The van der Waals surface area contributed by atoms with Crippen LogP contribution in [0.2, 0.25) is 0 Å². The van der Waals surface area contributed by atoms with Crippen LogP contribution < -0.4 is 0 Å². The minimum atomic E-state index is -0.167. The molecule has 0 aromatic heterocycles. The summed E-state index contributed by atoms with van der Waals surface area (Å²) in [7, 11) is 0. The monoisotopic (exact) mass is 462 g/mol. The lowest BCUT2D eigenvalue weighted by Crippen LogP contribution is -2.34. The van der Waals surface area contributed by atoms with Gasteiger partial charge in [-0.15, -0.1) is 0 Å². The molecule has 35 heavy (non-hydrogen) atoms. The summed E-state index contributed by atoms with van der Waals surface area (Å²) >= 11 is 0. The van der Waals surface area contributed by atoms with E-state index in [1.807, 2.05) is 48.5 Å². The van der Waals surface area contributed by atoms with Gasteiger partial charge in [0.2, 0.25) is 0 Å². The highest BCUT2D eigenvalue weighted by atomic mass is 16.3. The van der Waals surface area contributed by atoms with Gasteiger partial charge in [0.1, 0.15) is 11.5 Å². The predicted octanol–water partition coefficient (Wildman–Crippen LogP) is 8.56. The zero-order valence-corrected chi connectivity index (χ0v) is 20.6. The number of hydrogen-bond acceptors (Lipinski definition) is 2. The lowest BCUT2D eigenvalue weighted by molar-refractivity contribution is 0.217. The van der Waals surface area contributed by atoms with E-state index in [0.29, 0.717) is 17.4 Å². The summed E-state index contributed by atoms with van der Waals surface area (Å²) < 4.78 is 0. The highest BCUT2D eigenvalue weighted by molar-refractivity contribution is 5.73. The van der Waals surface area contributed by atoms with E-state index in [4.69, 9.17) is 0 Å². The Bertz CT molecular complexity index is 1190. The van der Waals surface area contributed by atoms with Crippen LogP contribution in [-0.4, -0.2) is 10.2 Å². The van der Waals surface area contributed by atoms with Gasteiger partial charge in [-0.2, -0.15) is 0 Å². The molecule has 2 N–H and O–H groups in total. The Hall–Kier alpha value is -3.52. The molecule has 0 radical (unpaired) electrons. The fraction of sp³-hybridized carbons (Fsp3) is 0.273. The molecule has 4 aromatic rings. The van der Waals surface area contributed by atoms with Crippen molar-refractivity contribution in [3.8, 4) is 33.8 Å². The third kappa shape index (κ3) is 4.46. The van der Waals surface area contributed by atoms with E-state index in [-0.39, 0.29) is 5.41 Å². The molecule has 0 atom stereocenters. The van der Waals surface area contributed by atoms with Crippen molar-refractivity contribution in [3.05, 3.63) is 108 Å². The number of phenolic OH excluding ortho intramolecular Hbond substituents is 2. The number of aromatic hydroxyl groups is 2. The maximum absolute atomic E-state index is 10.8. The van der Waals surface area contributed by atoms with Crippen LogP contribution in [0.3, 0.4) is 0 Å². The van der Waals surface area contributed by atoms with Crippen LogP contribution >= 0.6 is 0 Å². The van der Waals surface area contributed by atoms with Gasteiger partial charge in [0.15, 0.2) is 0 Å². The highest BCUT2D eigenvalue weighted by Crippen LogP contribution is 2.50. The van der Waals surface area contributed by atoms with Gasteiger partial charge in [-0.25, -0.2) is 0 Å². The molecule has 0 saturated heterocycles. The van der Waals surface area contributed by atoms with Crippen LogP contribution in [0.1, 0.15) is 50.7 Å². The molecule has 0 amide bonds. The Morgan fingerprint density at radius 3 is 1.46 bits per heavy atom. The molecule has 0 unspecified atom stereocenters. The third-order valence-corrected chi connectivity index (χ3v) is 8.09. The minimum Gasteiger partial charge on any atom is -0.507 e. The van der Waals surface area contributed by atoms with Crippen molar-refractivity contribution in [2.24, 2.45) is 11.8 Å². The number of hydrogen-bond donors (Lipinski definition) is 2. The molecule has 0 bridgehead atoms. The van der Waals surface area contributed by atoms with Gasteiger partial charge in [0.05, 0.1) is 0 Å². The molecule has 5 rings (SSSR count). The van der Waals surface area contributed by atoms with Crippen molar-refractivity contribution in [2.45, 2.75) is 44.9 Å². The molecule has 4 aromatic carbocycles. The average molecular weight is 463 g/mol. The van der Waals surface area contributed by atoms with Gasteiger partial charge in [-0.3, -0.25) is 0 Å². The van der Waals surface area contributed by atoms with Gasteiger partial charge < -0.3 is 10.2 Å². The van der Waals surface area contributed by atoms with Gasteiger partial charge in [-0.05, 0) is 84.0 Å². The van der Waals surface area contributed by atoms with Crippen molar-refractivity contribution in [2.75, 3.05) is 0 Å². The average Bonchev–Trinajstić information content (AvgIpc) is 2.90. The second-order valence-corrected chi connectivity index (χ2v) is 10.4. The van der Waals surface area contributed by atoms with Crippen LogP contribution in [-0.2, 0) is 5.41 Å². The molecule has 0 heterocycles. The quantitative estimate of drug-likeness (QED) is 0.312. The van der Waals surface area contributed by atoms with E-state index in [9.17, 15) is 10.2 Å². The predicted molar refractivity (Wildman–Crippen MR) is 145 cm³/mol. The second-order valence-electron chi connectivity index (χ2n) is 10.4. The van der Waals surface area contributed by atoms with Crippen LogP contribution in [0.15, 0.2) is 97.1 Å². The summed E-state index contributed by atoms with van der Waals surface area (Å²) in [4.78, 5) is 0. The maximum atomic E-state index is 10.8. The van der Waals surface area contributed by atoms with Crippen LogP contribution in [0, 0.1) is 11.8 Å². The molecule has 0 spiro atoms. The van der Waals surface area contributed by atoms with E-state index in [1.54, 1.807) is 0 Å².